The Morgan fingerprint density at radius 2 is 1.41 bits per heavy atom. The Bertz CT molecular complexity index is 4770. The summed E-state index contributed by atoms with van der Waals surface area (Å²) in [6.45, 7) is 12.4. The van der Waals surface area contributed by atoms with Gasteiger partial charge in [0.2, 0.25) is 37.1 Å². The highest BCUT2D eigenvalue weighted by atomic mass is 31.2. The number of aromatic nitrogens is 6. The zero-order valence-electron chi connectivity index (χ0n) is 72.6. The van der Waals surface area contributed by atoms with Gasteiger partial charge in [-0.05, 0) is 134 Å². The SMILES string of the molecule is CC(=O)CCN=[N+]=[N-].CCCCCCCC(C)=O.COc1cc(C(CCN(C)C(=O)CCCCC(=O)CCCOCCOc2nc(N(C)CC(N)=O)nc(N3CCN(P(C)(=O)N(C)C)CC3)n2)CC(=O)NCCCCCC(=O)CCc2cn(CCC(C)=O)nn2)c([N+](=O)[O-])cc1OC.O=C(O)c1ccccc1-c1c2ccc(=O)cc-2oc2cc(O)ccc12. The smallest absolute Gasteiger partial charge is 0.336 e. The van der Waals surface area contributed by atoms with E-state index in [-0.39, 0.29) is 139 Å². The summed E-state index contributed by atoms with van der Waals surface area (Å²) in [4.78, 5) is 151. The number of nitrogens with two attached hydrogens (primary N) is 1. The number of ether oxygens (including phenoxy) is 4. The van der Waals surface area contributed by atoms with E-state index in [1.807, 2.05) is 9.57 Å². The summed E-state index contributed by atoms with van der Waals surface area (Å²) in [7, 11) is 6.98. The van der Waals surface area contributed by atoms with E-state index in [2.05, 4.69) is 47.5 Å². The first-order valence-electron chi connectivity index (χ1n) is 41.3. The van der Waals surface area contributed by atoms with Crippen molar-refractivity contribution in [1.29, 1.82) is 0 Å². The molecule has 1 aliphatic carbocycles. The van der Waals surface area contributed by atoms with E-state index in [0.29, 0.717) is 180 Å². The molecule has 4 heterocycles. The van der Waals surface area contributed by atoms with Crippen LogP contribution in [0.5, 0.6) is 23.3 Å². The van der Waals surface area contributed by atoms with Gasteiger partial charge in [0, 0.05) is 189 Å². The van der Waals surface area contributed by atoms with E-state index >= 15 is 0 Å². The normalized spacial score (nSPS) is 12.5. The minimum absolute atomic E-state index is 0.0198. The van der Waals surface area contributed by atoms with Gasteiger partial charge in [-0.3, -0.25) is 52.9 Å². The summed E-state index contributed by atoms with van der Waals surface area (Å²) in [6, 6.07) is 18.5. The molecule has 3 amide bonds. The van der Waals surface area contributed by atoms with Crippen LogP contribution in [-0.2, 0) is 60.6 Å². The molecule has 38 heteroatoms. The number of carbonyl (C=O) groups is 9. The van der Waals surface area contributed by atoms with Crippen LogP contribution in [0.15, 0.2) is 93.3 Å². The maximum atomic E-state index is 13.4. The van der Waals surface area contributed by atoms with Gasteiger partial charge in [-0.25, -0.2) is 14.1 Å². The van der Waals surface area contributed by atoms with Crippen molar-refractivity contribution in [2.45, 2.75) is 181 Å². The predicted molar refractivity (Wildman–Crippen MR) is 465 cm³/mol. The lowest BCUT2D eigenvalue weighted by molar-refractivity contribution is -0.385. The van der Waals surface area contributed by atoms with Crippen LogP contribution in [0.25, 0.3) is 43.9 Å². The zero-order chi connectivity index (χ0) is 90.6. The molecule has 5 aromatic rings. The molecule has 0 radical (unpaired) electrons. The fourth-order valence-corrected chi connectivity index (χ4v) is 14.4. The summed E-state index contributed by atoms with van der Waals surface area (Å²) in [6.07, 6.45) is 15.0. The number of phenolic OH excluding ortho intramolecular Hbond substituents is 1. The number of nitro groups is 1. The number of methoxy groups -OCH3 is 2. The molecule has 1 saturated heterocycles. The first-order valence-corrected chi connectivity index (χ1v) is 43.3. The summed E-state index contributed by atoms with van der Waals surface area (Å²) in [5.74, 6) is -0.856. The number of primary amides is 1. The number of azide groups is 1. The van der Waals surface area contributed by atoms with Crippen molar-refractivity contribution >= 4 is 88.6 Å². The average molecular weight is 1730 g/mol. The van der Waals surface area contributed by atoms with E-state index in [4.69, 9.17) is 34.6 Å². The van der Waals surface area contributed by atoms with Crippen LogP contribution in [0, 0.1) is 10.1 Å². The van der Waals surface area contributed by atoms with E-state index in [1.54, 1.807) is 87.7 Å². The number of nitrogens with zero attached hydrogens (tertiary/aromatic N) is 15. The lowest BCUT2D eigenvalue weighted by Crippen LogP contribution is -2.47. The molecule has 3 aliphatic rings. The first kappa shape index (κ1) is 102. The summed E-state index contributed by atoms with van der Waals surface area (Å²) in [5, 5.41) is 46.4. The van der Waals surface area contributed by atoms with Crippen molar-refractivity contribution in [3.05, 3.63) is 127 Å². The third-order valence-corrected chi connectivity index (χ3v) is 23.0. The number of rotatable bonds is 51. The lowest BCUT2D eigenvalue weighted by Gasteiger charge is -2.39. The fourth-order valence-electron chi connectivity index (χ4n) is 13.0. The Balaban J connectivity index is 0.000000499. The number of phenols is 1. The minimum Gasteiger partial charge on any atom is -0.508 e. The van der Waals surface area contributed by atoms with Crippen LogP contribution in [0.2, 0.25) is 0 Å². The highest BCUT2D eigenvalue weighted by Gasteiger charge is 2.33. The number of benzene rings is 4. The Morgan fingerprint density at radius 1 is 0.756 bits per heavy atom. The number of carbonyl (C=O) groups excluding carboxylic acids is 8. The molecule has 0 spiro atoms. The number of piperazine rings is 1. The van der Waals surface area contributed by atoms with Gasteiger partial charge >= 0.3 is 12.0 Å². The number of aryl methyl sites for hydroxylation is 2. The molecule has 37 nitrogen and oxygen atoms in total. The second kappa shape index (κ2) is 54.0. The molecular formula is C85H120N17O20P. The number of Topliss-reactive ketones (excluding diaryl/α,β-unsaturated/α-hetero) is 5. The molecule has 2 aromatic heterocycles. The number of fused-ring (bicyclic) bond motifs is 2. The quantitative estimate of drug-likeness (QED) is 0.00402. The zero-order valence-corrected chi connectivity index (χ0v) is 73.5. The topological polar surface area (TPSA) is 494 Å². The van der Waals surface area contributed by atoms with E-state index in [9.17, 15) is 72.8 Å². The predicted octanol–water partition coefficient (Wildman–Crippen LogP) is 12.2. The van der Waals surface area contributed by atoms with Gasteiger partial charge in [0.25, 0.3) is 5.69 Å². The van der Waals surface area contributed by atoms with E-state index in [0.717, 1.165) is 12.8 Å². The van der Waals surface area contributed by atoms with Crippen molar-refractivity contribution in [3.63, 3.8) is 0 Å². The number of likely N-dealkylation sites (N-methyl/N-ethyl adjacent to an activating group) is 1. The van der Waals surface area contributed by atoms with Crippen LogP contribution in [-0.4, -0.2) is 233 Å². The third kappa shape index (κ3) is 36.1. The Kier molecular flexibility index (Phi) is 44.7. The number of nitro benzene ring substituents is 1. The summed E-state index contributed by atoms with van der Waals surface area (Å²) >= 11 is 0. The maximum absolute atomic E-state index is 13.4. The van der Waals surface area contributed by atoms with Gasteiger partial charge in [-0.2, -0.15) is 15.0 Å². The Labute approximate surface area is 716 Å². The van der Waals surface area contributed by atoms with Gasteiger partial charge in [-0.1, -0.05) is 67.6 Å². The average Bonchev–Trinajstić information content (AvgIpc) is 0.862. The molecular weight excluding hydrogens is 1610 g/mol. The highest BCUT2D eigenvalue weighted by molar-refractivity contribution is 7.58. The van der Waals surface area contributed by atoms with Crippen LogP contribution < -0.4 is 40.5 Å². The second-order valence-corrected chi connectivity index (χ2v) is 33.1. The number of carboxylic acids is 1. The number of hydrogen-bond acceptors (Lipinski definition) is 27. The number of nitrogens with one attached hydrogen (secondary N) is 1. The van der Waals surface area contributed by atoms with Crippen molar-refractivity contribution < 1.29 is 86.2 Å². The number of hydrogen-bond donors (Lipinski definition) is 4. The van der Waals surface area contributed by atoms with Gasteiger partial charge in [0.05, 0.1) is 49.6 Å². The Hall–Kier alpha value is -11.7. The first-order chi connectivity index (χ1) is 58.7. The van der Waals surface area contributed by atoms with Crippen molar-refractivity contribution in [2.24, 2.45) is 10.8 Å². The van der Waals surface area contributed by atoms with Gasteiger partial charge in [0.15, 0.2) is 16.9 Å². The van der Waals surface area contributed by atoms with Crippen LogP contribution in [0.3, 0.4) is 0 Å². The molecule has 123 heavy (non-hydrogen) atoms. The number of ketones is 5. The molecule has 8 rings (SSSR count). The number of amides is 3. The van der Waals surface area contributed by atoms with Crippen molar-refractivity contribution in [2.75, 3.05) is 131 Å². The minimum atomic E-state index is -2.66. The monoisotopic (exact) mass is 1730 g/mol. The summed E-state index contributed by atoms with van der Waals surface area (Å²) < 4.78 is 46.6. The lowest BCUT2D eigenvalue weighted by atomic mass is 9.90. The number of unbranched alkanes of at least 4 members (excludes halogenated alkanes) is 7. The number of aromatic carboxylic acids is 1. The van der Waals surface area contributed by atoms with Crippen LogP contribution >= 0.6 is 7.44 Å². The molecule has 0 bridgehead atoms. The van der Waals surface area contributed by atoms with Crippen molar-refractivity contribution in [3.8, 4) is 45.7 Å². The molecule has 3 aromatic carbocycles. The molecule has 1 fully saturated rings. The van der Waals surface area contributed by atoms with Gasteiger partial charge in [-0.15, -0.1) is 5.10 Å². The second-order valence-electron chi connectivity index (χ2n) is 30.1. The van der Waals surface area contributed by atoms with Gasteiger partial charge < -0.3 is 68.9 Å². The number of anilines is 2. The molecule has 670 valence electrons. The molecule has 5 N–H and O–H groups in total. The number of aromatic hydroxyl groups is 1. The largest absolute Gasteiger partial charge is 0.508 e. The Morgan fingerprint density at radius 3 is 2.07 bits per heavy atom. The molecule has 2 atom stereocenters. The maximum Gasteiger partial charge on any atom is 0.336 e. The summed E-state index contributed by atoms with van der Waals surface area (Å²) in [5.41, 5.74) is 16.0. The molecule has 2 aliphatic heterocycles. The fraction of sp³-hybridized carbons (Fsp3) is 0.541. The van der Waals surface area contributed by atoms with E-state index in [1.165, 1.54) is 106 Å². The van der Waals surface area contributed by atoms with E-state index < -0.39 is 30.2 Å². The standard InChI is InChI=1S/C52H83N14O13P.C20H12O5.C9H18O.C4H7N3O/c1-38(67)21-25-64-36-40(58-59-64)19-20-42(69)15-10-9-13-23-54-48(71)33-39(43-34-45(76-6)46(77-7)35-44(43)66(73)74)22-24-61(4)49(72)18-12-11-16-41(68)17-14-30-78-31-32-79-52-56-50(62(5)37-47(53)70)55-51(57-52)63-26-28-65(29-27-63)80(8,75)60(2)3;21-11-5-7-15-17(9-11)25-18-10-12(22)6-8-16(18)19(15)13-3-1-2-4-14(13)20(23)24;1-3-4-5-6-7-8-9(2)10;1-4(8)2-3-6-7-5/h34-36,39H,9-33,37H2,1-8H3,(H2,53,70)(H,54,71);1-10,21H,(H,23,24);3-8H2,1-2H3;2-3H2,1H3. The number of carboxylic acid groups (broad SMARTS) is 1. The van der Waals surface area contributed by atoms with Crippen molar-refractivity contribution in [1.82, 2.24) is 49.5 Å². The van der Waals surface area contributed by atoms with Crippen LogP contribution in [0.4, 0.5) is 17.6 Å². The third-order valence-electron chi connectivity index (χ3n) is 20.0. The molecule has 2 unspecified atom stereocenters. The molecule has 0 saturated carbocycles. The highest BCUT2D eigenvalue weighted by Crippen LogP contribution is 2.48. The van der Waals surface area contributed by atoms with Gasteiger partial charge in [0.1, 0.15) is 52.6 Å². The van der Waals surface area contributed by atoms with Crippen LogP contribution in [0.1, 0.15) is 190 Å².